The second-order valence-electron chi connectivity index (χ2n) is 0.250. The molecule has 0 aliphatic heterocycles. The fraction of sp³-hybridized carbons (Fsp3) is 0. The summed E-state index contributed by atoms with van der Waals surface area (Å²) in [6, 6.07) is 0. The van der Waals surface area contributed by atoms with Crippen molar-refractivity contribution in [2.45, 2.75) is 0 Å². The molecule has 0 bridgehead atoms. The first-order valence-corrected chi connectivity index (χ1v) is 0.612. The summed E-state index contributed by atoms with van der Waals surface area (Å²) < 4.78 is 0. The zero-order valence-electron chi connectivity index (χ0n) is 3.92. The van der Waals surface area contributed by atoms with Crippen LogP contribution in [0.4, 0.5) is 4.79 Å². The smallest absolute Gasteiger partial charge is 0.652 e. The third kappa shape index (κ3) is 733. The van der Waals surface area contributed by atoms with Crippen molar-refractivity contribution in [2.75, 3.05) is 0 Å². The Bertz CT molecular complexity index is 39.9. The van der Waals surface area contributed by atoms with E-state index in [0.29, 0.717) is 0 Å². The van der Waals surface area contributed by atoms with Crippen molar-refractivity contribution in [3.63, 3.8) is 0 Å². The van der Waals surface area contributed by atoms with E-state index >= 15 is 0 Å². The van der Waals surface area contributed by atoms with Gasteiger partial charge in [0.25, 0.3) is 0 Å². The van der Waals surface area contributed by atoms with Crippen molar-refractivity contribution in [1.29, 1.82) is 0 Å². The first kappa shape index (κ1) is 53.2. The molecule has 0 amide bonds. The molecule has 0 unspecified atom stereocenters. The Morgan fingerprint density at radius 3 is 1.11 bits per heavy atom. The Hall–Kier alpha value is 0.735. The summed E-state index contributed by atoms with van der Waals surface area (Å²) in [5.41, 5.74) is 0. The zero-order valence-corrected chi connectivity index (χ0v) is 7.00. The molecule has 0 saturated carbocycles. The van der Waals surface area contributed by atoms with E-state index in [0.717, 1.165) is 0 Å². The number of rotatable bonds is 0. The summed E-state index contributed by atoms with van der Waals surface area (Å²) >= 11 is 0. The molecule has 0 heterocycles. The Kier molecular flexibility index (Phi) is 222. The van der Waals surface area contributed by atoms with Crippen LogP contribution in [-0.4, -0.2) is 34.5 Å². The molecule has 8 heteroatoms. The molecular formula is CH4AlCuNiO5+3. The van der Waals surface area contributed by atoms with E-state index in [4.69, 9.17) is 15.0 Å². The van der Waals surface area contributed by atoms with Gasteiger partial charge in [-0.15, -0.1) is 0 Å². The maximum Gasteiger partial charge on any atom is 3.00 e. The van der Waals surface area contributed by atoms with Crippen molar-refractivity contribution >= 4 is 23.5 Å². The number of hydrogen-bond donors (Lipinski definition) is 0. The molecule has 59 valence electrons. The summed E-state index contributed by atoms with van der Waals surface area (Å²) in [5.74, 6) is 0. The molecule has 0 spiro atoms. The van der Waals surface area contributed by atoms with E-state index in [2.05, 4.69) is 0 Å². The van der Waals surface area contributed by atoms with Gasteiger partial charge in [0, 0.05) is 16.5 Å². The van der Waals surface area contributed by atoms with Crippen LogP contribution in [0, 0.1) is 0 Å². The monoisotopic (exact) mass is 244 g/mol. The molecule has 4 N–H and O–H groups in total. The van der Waals surface area contributed by atoms with Gasteiger partial charge in [-0.05, 0) is 6.16 Å². The average Bonchev–Trinajstić information content (AvgIpc) is 0.811. The normalized spacial score (nSPS) is 2.67. The summed E-state index contributed by atoms with van der Waals surface area (Å²) in [6.45, 7) is 0. The summed E-state index contributed by atoms with van der Waals surface area (Å²) in [6.07, 6.45) is -2.33. The van der Waals surface area contributed by atoms with E-state index < -0.39 is 6.16 Å². The van der Waals surface area contributed by atoms with Gasteiger partial charge in [-0.1, -0.05) is 0 Å². The zero-order chi connectivity index (χ0) is 3.58. The van der Waals surface area contributed by atoms with E-state index in [1.54, 1.807) is 0 Å². The quantitative estimate of drug-likeness (QED) is 0.399. The van der Waals surface area contributed by atoms with Crippen LogP contribution in [0.2, 0.25) is 0 Å². The first-order chi connectivity index (χ1) is 1.73. The minimum Gasteiger partial charge on any atom is -0.652 e. The Labute approximate surface area is 83.0 Å². The maximum atomic E-state index is 8.33. The standard InChI is InChI=1S/CH2O3.Al.Cu.Ni.2H2O/c2-1(3)4;;;;;/h(H2,2,3,4);;;;2*1H2/q;+3;+2;;;/p-2. The summed E-state index contributed by atoms with van der Waals surface area (Å²) in [7, 11) is 0. The minimum absolute atomic E-state index is 0. The average molecular weight is 245 g/mol. The van der Waals surface area contributed by atoms with Crippen molar-refractivity contribution in [2.24, 2.45) is 0 Å². The van der Waals surface area contributed by atoms with Crippen LogP contribution in [0.5, 0.6) is 0 Å². The second kappa shape index (κ2) is 37.5. The number of carbonyl (C=O) groups excluding carboxylic acids is 1. The van der Waals surface area contributed by atoms with Crippen LogP contribution in [0.3, 0.4) is 0 Å². The van der Waals surface area contributed by atoms with Crippen molar-refractivity contribution in [1.82, 2.24) is 0 Å². The largest absolute Gasteiger partial charge is 3.00 e. The first-order valence-electron chi connectivity index (χ1n) is 0.612. The van der Waals surface area contributed by atoms with Crippen LogP contribution in [-0.2, 0) is 33.6 Å². The van der Waals surface area contributed by atoms with Gasteiger partial charge in [0.2, 0.25) is 0 Å². The predicted octanol–water partition coefficient (Wildman–Crippen LogP) is -4.48. The molecule has 0 aliphatic carbocycles. The molecule has 0 fully saturated rings. The van der Waals surface area contributed by atoms with Crippen LogP contribution < -0.4 is 10.2 Å². The molecule has 0 aromatic carbocycles. The maximum absolute atomic E-state index is 8.33. The molecule has 1 radical (unpaired) electrons. The molecule has 0 aromatic heterocycles. The van der Waals surface area contributed by atoms with Crippen LogP contribution in [0.1, 0.15) is 0 Å². The van der Waals surface area contributed by atoms with Gasteiger partial charge in [0.15, 0.2) is 0 Å². The van der Waals surface area contributed by atoms with Gasteiger partial charge in [-0.2, -0.15) is 0 Å². The van der Waals surface area contributed by atoms with Crippen LogP contribution in [0.15, 0.2) is 0 Å². The van der Waals surface area contributed by atoms with Gasteiger partial charge < -0.3 is 26.0 Å². The van der Waals surface area contributed by atoms with E-state index in [9.17, 15) is 0 Å². The number of carbonyl (C=O) groups is 1. The second-order valence-corrected chi connectivity index (χ2v) is 0.250. The fourth-order valence-electron chi connectivity index (χ4n) is 0. The number of hydrogen-bond acceptors (Lipinski definition) is 3. The van der Waals surface area contributed by atoms with E-state index in [1.807, 2.05) is 0 Å². The van der Waals surface area contributed by atoms with Gasteiger partial charge in [-0.25, -0.2) is 0 Å². The SMILES string of the molecule is O.O.O=C([O-])[O-].[Al+3].[Cu+2].[Ni]. The Morgan fingerprint density at radius 1 is 1.11 bits per heavy atom. The van der Waals surface area contributed by atoms with Gasteiger partial charge in [0.1, 0.15) is 0 Å². The van der Waals surface area contributed by atoms with Gasteiger partial charge in [0.05, 0.1) is 0 Å². The van der Waals surface area contributed by atoms with Crippen LogP contribution in [0.25, 0.3) is 0 Å². The van der Waals surface area contributed by atoms with Crippen molar-refractivity contribution in [3.8, 4) is 0 Å². The molecule has 9 heavy (non-hydrogen) atoms. The predicted molar refractivity (Wildman–Crippen MR) is 18.4 cm³/mol. The molecule has 5 nitrogen and oxygen atoms in total. The third-order valence-electron chi connectivity index (χ3n) is 0. The minimum atomic E-state index is -2.33. The van der Waals surface area contributed by atoms with E-state index in [-0.39, 0.29) is 61.9 Å². The van der Waals surface area contributed by atoms with Gasteiger partial charge in [-0.3, -0.25) is 0 Å². The number of carboxylic acid groups (broad SMARTS) is 2. The Morgan fingerprint density at radius 2 is 1.11 bits per heavy atom. The van der Waals surface area contributed by atoms with Crippen LogP contribution >= 0.6 is 0 Å². The topological polar surface area (TPSA) is 126 Å². The molecular weight excluding hydrogens is 241 g/mol. The summed E-state index contributed by atoms with van der Waals surface area (Å²) in [5, 5.41) is 16.7. The van der Waals surface area contributed by atoms with Crippen molar-refractivity contribution in [3.05, 3.63) is 0 Å². The van der Waals surface area contributed by atoms with E-state index in [1.165, 1.54) is 0 Å². The fourth-order valence-corrected chi connectivity index (χ4v) is 0. The molecule has 0 atom stereocenters. The molecule has 0 aromatic rings. The Balaban J connectivity index is -0.00000000450. The molecule has 0 aliphatic rings. The third-order valence-corrected chi connectivity index (χ3v) is 0. The summed E-state index contributed by atoms with van der Waals surface area (Å²) in [4.78, 5) is 8.33. The molecule has 0 rings (SSSR count). The van der Waals surface area contributed by atoms with Crippen molar-refractivity contribution < 1.29 is 59.5 Å². The molecule has 0 saturated heterocycles. The van der Waals surface area contributed by atoms with Gasteiger partial charge >= 0.3 is 34.4 Å².